The van der Waals surface area contributed by atoms with Crippen molar-refractivity contribution in [1.82, 2.24) is 10.6 Å². The molecule has 0 radical (unpaired) electrons. The lowest BCUT2D eigenvalue weighted by Gasteiger charge is -2.22. The molecule has 3 nitrogen and oxygen atoms in total. The number of amides is 1. The van der Waals surface area contributed by atoms with Gasteiger partial charge in [0, 0.05) is 11.4 Å². The van der Waals surface area contributed by atoms with Crippen molar-refractivity contribution in [3.63, 3.8) is 0 Å². The van der Waals surface area contributed by atoms with Gasteiger partial charge >= 0.3 is 0 Å². The Bertz CT molecular complexity index is 632. The van der Waals surface area contributed by atoms with E-state index in [1.807, 2.05) is 12.1 Å². The Labute approximate surface area is 133 Å². The molecule has 0 spiro atoms. The third kappa shape index (κ3) is 3.72. The molecule has 1 aromatic heterocycles. The molecule has 0 aliphatic carbocycles. The second-order valence-electron chi connectivity index (χ2n) is 5.59. The molecule has 1 amide bonds. The second-order valence-corrected chi connectivity index (χ2v) is 6.68. The second kappa shape index (κ2) is 7.03. The van der Waals surface area contributed by atoms with Gasteiger partial charge < -0.3 is 10.6 Å². The summed E-state index contributed by atoms with van der Waals surface area (Å²) < 4.78 is 12.9. The maximum atomic E-state index is 12.9. The van der Waals surface area contributed by atoms with Crippen LogP contribution < -0.4 is 10.6 Å². The van der Waals surface area contributed by atoms with Gasteiger partial charge in [-0.1, -0.05) is 12.1 Å². The molecule has 1 aromatic carbocycles. The van der Waals surface area contributed by atoms with E-state index in [1.54, 1.807) is 12.1 Å². The third-order valence-electron chi connectivity index (χ3n) is 3.91. The van der Waals surface area contributed by atoms with Crippen molar-refractivity contribution in [2.75, 3.05) is 19.6 Å². The molecular weight excluding hydrogens is 299 g/mol. The lowest BCUT2D eigenvalue weighted by atomic mass is 10.00. The highest BCUT2D eigenvalue weighted by Gasteiger charge is 2.15. The molecule has 2 aromatic rings. The van der Waals surface area contributed by atoms with Crippen molar-refractivity contribution >= 4 is 17.2 Å². The monoisotopic (exact) mass is 318 g/mol. The SMILES string of the molecule is O=C(NCC1CCCNC1)c1ccc(-c2ccc(F)cc2)s1. The van der Waals surface area contributed by atoms with Crippen LogP contribution in [0.2, 0.25) is 0 Å². The number of nitrogens with one attached hydrogen (secondary N) is 2. The normalized spacial score (nSPS) is 18.1. The van der Waals surface area contributed by atoms with Gasteiger partial charge in [0.2, 0.25) is 0 Å². The van der Waals surface area contributed by atoms with Gasteiger partial charge in [-0.2, -0.15) is 0 Å². The third-order valence-corrected chi connectivity index (χ3v) is 5.04. The van der Waals surface area contributed by atoms with Crippen LogP contribution in [0.4, 0.5) is 4.39 Å². The van der Waals surface area contributed by atoms with E-state index < -0.39 is 0 Å². The van der Waals surface area contributed by atoms with Crippen LogP contribution in [0.3, 0.4) is 0 Å². The molecule has 0 saturated carbocycles. The molecule has 0 bridgehead atoms. The van der Waals surface area contributed by atoms with Crippen LogP contribution in [0, 0.1) is 11.7 Å². The minimum atomic E-state index is -0.251. The molecule has 116 valence electrons. The summed E-state index contributed by atoms with van der Waals surface area (Å²) in [5, 5.41) is 6.36. The Morgan fingerprint density at radius 2 is 2.09 bits per heavy atom. The molecular formula is C17H19FN2OS. The van der Waals surface area contributed by atoms with Crippen LogP contribution in [0.15, 0.2) is 36.4 Å². The quantitative estimate of drug-likeness (QED) is 0.908. The highest BCUT2D eigenvalue weighted by Crippen LogP contribution is 2.28. The molecule has 22 heavy (non-hydrogen) atoms. The lowest BCUT2D eigenvalue weighted by Crippen LogP contribution is -2.37. The average molecular weight is 318 g/mol. The van der Waals surface area contributed by atoms with E-state index in [0.717, 1.165) is 30.1 Å². The molecule has 2 heterocycles. The van der Waals surface area contributed by atoms with E-state index in [2.05, 4.69) is 10.6 Å². The summed E-state index contributed by atoms with van der Waals surface area (Å²) >= 11 is 1.44. The minimum Gasteiger partial charge on any atom is -0.351 e. The summed E-state index contributed by atoms with van der Waals surface area (Å²) in [5.74, 6) is 0.248. The molecule has 1 aliphatic rings. The maximum Gasteiger partial charge on any atom is 0.261 e. The Balaban J connectivity index is 1.60. The summed E-state index contributed by atoms with van der Waals surface area (Å²) in [5.41, 5.74) is 0.932. The van der Waals surface area contributed by atoms with Gasteiger partial charge in [0.05, 0.1) is 4.88 Å². The van der Waals surface area contributed by atoms with E-state index in [9.17, 15) is 9.18 Å². The Kier molecular flexibility index (Phi) is 4.85. The Hall–Kier alpha value is -1.72. The van der Waals surface area contributed by atoms with Gasteiger partial charge in [0.1, 0.15) is 5.82 Å². The molecule has 1 atom stereocenters. The highest BCUT2D eigenvalue weighted by atomic mass is 32.1. The van der Waals surface area contributed by atoms with Gasteiger partial charge in [-0.15, -0.1) is 11.3 Å². The molecule has 1 saturated heterocycles. The number of carbonyl (C=O) groups is 1. The average Bonchev–Trinajstić information content (AvgIpc) is 3.04. The fourth-order valence-corrected chi connectivity index (χ4v) is 3.58. The largest absolute Gasteiger partial charge is 0.351 e. The van der Waals surface area contributed by atoms with Crippen LogP contribution in [-0.4, -0.2) is 25.5 Å². The number of benzene rings is 1. The summed E-state index contributed by atoms with van der Waals surface area (Å²) in [6.45, 7) is 2.78. The van der Waals surface area contributed by atoms with Crippen LogP contribution in [0.5, 0.6) is 0 Å². The van der Waals surface area contributed by atoms with E-state index >= 15 is 0 Å². The number of halogens is 1. The van der Waals surface area contributed by atoms with Crippen LogP contribution >= 0.6 is 11.3 Å². The maximum absolute atomic E-state index is 12.9. The molecule has 3 rings (SSSR count). The van der Waals surface area contributed by atoms with Crippen molar-refractivity contribution in [2.24, 2.45) is 5.92 Å². The van der Waals surface area contributed by atoms with Crippen molar-refractivity contribution in [2.45, 2.75) is 12.8 Å². The lowest BCUT2D eigenvalue weighted by molar-refractivity contribution is 0.0949. The van der Waals surface area contributed by atoms with Gasteiger partial charge in [-0.05, 0) is 61.7 Å². The van der Waals surface area contributed by atoms with Gasteiger partial charge in [-0.3, -0.25) is 4.79 Å². The van der Waals surface area contributed by atoms with Gasteiger partial charge in [-0.25, -0.2) is 4.39 Å². The highest BCUT2D eigenvalue weighted by molar-refractivity contribution is 7.17. The van der Waals surface area contributed by atoms with Crippen molar-refractivity contribution in [3.05, 3.63) is 47.1 Å². The Morgan fingerprint density at radius 3 is 2.82 bits per heavy atom. The smallest absolute Gasteiger partial charge is 0.261 e. The van der Waals surface area contributed by atoms with E-state index in [0.29, 0.717) is 10.8 Å². The fourth-order valence-electron chi connectivity index (χ4n) is 2.65. The molecule has 1 fully saturated rings. The topological polar surface area (TPSA) is 41.1 Å². The van der Waals surface area contributed by atoms with Gasteiger partial charge in [0.25, 0.3) is 5.91 Å². The predicted molar refractivity (Wildman–Crippen MR) is 87.6 cm³/mol. The number of hydrogen-bond donors (Lipinski definition) is 2. The molecule has 2 N–H and O–H groups in total. The van der Waals surface area contributed by atoms with Crippen LogP contribution in [0.25, 0.3) is 10.4 Å². The summed E-state index contributed by atoms with van der Waals surface area (Å²) in [6.07, 6.45) is 2.34. The molecule has 1 aliphatic heterocycles. The van der Waals surface area contributed by atoms with Crippen molar-refractivity contribution < 1.29 is 9.18 Å². The summed E-state index contributed by atoms with van der Waals surface area (Å²) in [4.78, 5) is 13.9. The zero-order chi connectivity index (χ0) is 15.4. The van der Waals surface area contributed by atoms with E-state index in [1.165, 1.54) is 36.3 Å². The minimum absolute atomic E-state index is 0.0241. The molecule has 5 heteroatoms. The first-order valence-electron chi connectivity index (χ1n) is 7.57. The number of carbonyl (C=O) groups excluding carboxylic acids is 1. The standard InChI is InChI=1S/C17H19FN2OS/c18-14-5-3-13(4-6-14)15-7-8-16(22-15)17(21)20-11-12-2-1-9-19-10-12/h3-8,12,19H,1-2,9-11H2,(H,20,21). The summed E-state index contributed by atoms with van der Waals surface area (Å²) in [6, 6.07) is 10.1. The Morgan fingerprint density at radius 1 is 1.27 bits per heavy atom. The van der Waals surface area contributed by atoms with Crippen LogP contribution in [0.1, 0.15) is 22.5 Å². The fraction of sp³-hybridized carbons (Fsp3) is 0.353. The van der Waals surface area contributed by atoms with E-state index in [-0.39, 0.29) is 11.7 Å². The number of thiophene rings is 1. The van der Waals surface area contributed by atoms with E-state index in [4.69, 9.17) is 0 Å². The zero-order valence-electron chi connectivity index (χ0n) is 12.3. The number of rotatable bonds is 4. The first-order valence-corrected chi connectivity index (χ1v) is 8.39. The van der Waals surface area contributed by atoms with Crippen molar-refractivity contribution in [3.8, 4) is 10.4 Å². The van der Waals surface area contributed by atoms with Gasteiger partial charge in [0.15, 0.2) is 0 Å². The van der Waals surface area contributed by atoms with Crippen molar-refractivity contribution in [1.29, 1.82) is 0 Å². The predicted octanol–water partition coefficient (Wildman–Crippen LogP) is 3.28. The number of hydrogen-bond acceptors (Lipinski definition) is 3. The summed E-state index contributed by atoms with van der Waals surface area (Å²) in [7, 11) is 0. The zero-order valence-corrected chi connectivity index (χ0v) is 13.1. The van der Waals surface area contributed by atoms with Crippen LogP contribution in [-0.2, 0) is 0 Å². The first-order chi connectivity index (χ1) is 10.7. The molecule has 1 unspecified atom stereocenters. The number of piperidine rings is 1. The first kappa shape index (κ1) is 15.2.